The summed E-state index contributed by atoms with van der Waals surface area (Å²) in [6.45, 7) is 6.59. The standard InChI is InChI=1S/C16H21N5OS2/c1-3-12-17-16-21(18-12)15(22)14(24-16)13(11-5-4-10-23-11)20-8-6-19(2)7-9-20/h4-5,10,13,22H,3,6-9H2,1-2H3/p+2/t13-/m0/s1. The Kier molecular flexibility index (Phi) is 4.29. The molecule has 4 rings (SSSR count). The van der Waals surface area contributed by atoms with E-state index >= 15 is 0 Å². The molecule has 24 heavy (non-hydrogen) atoms. The molecule has 0 aliphatic carbocycles. The summed E-state index contributed by atoms with van der Waals surface area (Å²) in [5.41, 5.74) is 0. The third kappa shape index (κ3) is 2.73. The lowest BCUT2D eigenvalue weighted by atomic mass is 10.1. The molecular weight excluding hydrogens is 342 g/mol. The summed E-state index contributed by atoms with van der Waals surface area (Å²) in [6.07, 6.45) is 0.782. The highest BCUT2D eigenvalue weighted by Crippen LogP contribution is 2.36. The van der Waals surface area contributed by atoms with Crippen molar-refractivity contribution in [3.05, 3.63) is 33.1 Å². The summed E-state index contributed by atoms with van der Waals surface area (Å²) >= 11 is 3.35. The molecule has 3 aromatic heterocycles. The van der Waals surface area contributed by atoms with E-state index in [0.29, 0.717) is 0 Å². The molecule has 1 aliphatic rings. The Morgan fingerprint density at radius 2 is 2.12 bits per heavy atom. The molecule has 3 N–H and O–H groups in total. The van der Waals surface area contributed by atoms with Gasteiger partial charge in [-0.25, -0.2) is 4.98 Å². The van der Waals surface area contributed by atoms with Gasteiger partial charge in [0.1, 0.15) is 31.1 Å². The molecule has 4 heterocycles. The number of thiazole rings is 1. The normalized spacial score (nSPS) is 22.9. The van der Waals surface area contributed by atoms with Crippen molar-refractivity contribution in [3.8, 4) is 5.88 Å². The molecule has 0 amide bonds. The number of quaternary nitrogens is 2. The smallest absolute Gasteiger partial charge is 0.235 e. The van der Waals surface area contributed by atoms with Crippen LogP contribution in [0.15, 0.2) is 17.5 Å². The van der Waals surface area contributed by atoms with Crippen molar-refractivity contribution in [2.24, 2.45) is 0 Å². The zero-order valence-electron chi connectivity index (χ0n) is 14.0. The highest BCUT2D eigenvalue weighted by atomic mass is 32.1. The van der Waals surface area contributed by atoms with Crippen molar-refractivity contribution in [1.82, 2.24) is 14.6 Å². The molecule has 128 valence electrons. The fourth-order valence-corrected chi connectivity index (χ4v) is 5.50. The zero-order valence-corrected chi connectivity index (χ0v) is 15.6. The number of hydrogen-bond donors (Lipinski definition) is 3. The van der Waals surface area contributed by atoms with Crippen molar-refractivity contribution in [3.63, 3.8) is 0 Å². The summed E-state index contributed by atoms with van der Waals surface area (Å²) in [4.78, 5) is 10.7. The van der Waals surface area contributed by atoms with Gasteiger partial charge in [-0.05, 0) is 11.4 Å². The zero-order chi connectivity index (χ0) is 16.7. The number of likely N-dealkylation sites (N-methyl/N-ethyl adjacent to an activating group) is 1. The van der Waals surface area contributed by atoms with Crippen molar-refractivity contribution >= 4 is 27.6 Å². The molecule has 1 atom stereocenters. The highest BCUT2D eigenvalue weighted by molar-refractivity contribution is 7.17. The number of aromatic hydroxyl groups is 1. The molecule has 1 fully saturated rings. The van der Waals surface area contributed by atoms with Crippen molar-refractivity contribution < 1.29 is 14.9 Å². The second-order valence-corrected chi connectivity index (χ2v) is 8.42. The number of aryl methyl sites for hydroxylation is 1. The molecular formula is C16H23N5OS2+2. The maximum Gasteiger partial charge on any atom is 0.235 e. The summed E-state index contributed by atoms with van der Waals surface area (Å²) in [5.74, 6) is 1.05. The SMILES string of the molecule is CCc1nc2sc([C@H](c3cccs3)[NH+]3CC[NH+](C)CC3)c(O)n2n1. The minimum absolute atomic E-state index is 0.177. The Bertz CT molecular complexity index is 817. The van der Waals surface area contributed by atoms with Gasteiger partial charge in [-0.15, -0.1) is 16.4 Å². The highest BCUT2D eigenvalue weighted by Gasteiger charge is 2.36. The van der Waals surface area contributed by atoms with Crippen LogP contribution in [0.5, 0.6) is 5.88 Å². The van der Waals surface area contributed by atoms with E-state index in [1.807, 2.05) is 6.92 Å². The van der Waals surface area contributed by atoms with E-state index in [9.17, 15) is 5.11 Å². The number of aromatic nitrogens is 3. The molecule has 8 heteroatoms. The first-order chi connectivity index (χ1) is 11.7. The van der Waals surface area contributed by atoms with Crippen LogP contribution in [-0.2, 0) is 6.42 Å². The van der Waals surface area contributed by atoms with Crippen LogP contribution >= 0.6 is 22.7 Å². The lowest BCUT2D eigenvalue weighted by Gasteiger charge is -2.32. The number of nitrogens with zero attached hydrogens (tertiary/aromatic N) is 3. The minimum Gasteiger partial charge on any atom is -0.492 e. The van der Waals surface area contributed by atoms with Gasteiger partial charge in [0.25, 0.3) is 0 Å². The van der Waals surface area contributed by atoms with Gasteiger partial charge < -0.3 is 14.9 Å². The maximum atomic E-state index is 10.8. The average molecular weight is 366 g/mol. The van der Waals surface area contributed by atoms with Crippen LogP contribution in [0.4, 0.5) is 0 Å². The summed E-state index contributed by atoms with van der Waals surface area (Å²) in [5, 5.41) is 17.4. The summed E-state index contributed by atoms with van der Waals surface area (Å²) in [7, 11) is 2.25. The lowest BCUT2D eigenvalue weighted by molar-refractivity contribution is -1.02. The monoisotopic (exact) mass is 365 g/mol. The molecule has 0 bridgehead atoms. The predicted molar refractivity (Wildman–Crippen MR) is 95.4 cm³/mol. The number of hydrogen-bond acceptors (Lipinski definition) is 5. The molecule has 0 unspecified atom stereocenters. The lowest BCUT2D eigenvalue weighted by Crippen LogP contribution is -3.27. The van der Waals surface area contributed by atoms with E-state index in [-0.39, 0.29) is 11.9 Å². The van der Waals surface area contributed by atoms with Crippen LogP contribution in [0.2, 0.25) is 0 Å². The van der Waals surface area contributed by atoms with Gasteiger partial charge in [-0.3, -0.25) is 0 Å². The van der Waals surface area contributed by atoms with Gasteiger partial charge in [0.15, 0.2) is 11.9 Å². The van der Waals surface area contributed by atoms with E-state index in [1.54, 1.807) is 32.1 Å². The van der Waals surface area contributed by atoms with Gasteiger partial charge in [0.2, 0.25) is 10.8 Å². The van der Waals surface area contributed by atoms with Crippen LogP contribution in [0.25, 0.3) is 4.96 Å². The molecule has 1 aliphatic heterocycles. The van der Waals surface area contributed by atoms with Crippen LogP contribution < -0.4 is 9.80 Å². The molecule has 0 spiro atoms. The summed E-state index contributed by atoms with van der Waals surface area (Å²) in [6, 6.07) is 4.45. The Morgan fingerprint density at radius 3 is 2.75 bits per heavy atom. The van der Waals surface area contributed by atoms with Crippen LogP contribution in [-0.4, -0.2) is 52.9 Å². The molecule has 3 aromatic rings. The maximum absolute atomic E-state index is 10.8. The number of nitrogens with one attached hydrogen (secondary N) is 2. The first-order valence-electron chi connectivity index (χ1n) is 8.44. The average Bonchev–Trinajstić information content (AvgIpc) is 3.29. The largest absolute Gasteiger partial charge is 0.492 e. The molecule has 1 saturated heterocycles. The Morgan fingerprint density at radius 1 is 1.33 bits per heavy atom. The fraction of sp³-hybridized carbons (Fsp3) is 0.500. The number of fused-ring (bicyclic) bond motifs is 1. The van der Waals surface area contributed by atoms with Gasteiger partial charge in [-0.1, -0.05) is 24.3 Å². The molecule has 0 radical (unpaired) electrons. The van der Waals surface area contributed by atoms with Gasteiger partial charge in [0.05, 0.1) is 11.9 Å². The van der Waals surface area contributed by atoms with Crippen molar-refractivity contribution in [2.75, 3.05) is 33.2 Å². The van der Waals surface area contributed by atoms with E-state index in [0.717, 1.165) is 35.2 Å². The minimum atomic E-state index is 0.177. The topological polar surface area (TPSA) is 59.3 Å². The fourth-order valence-electron chi connectivity index (χ4n) is 3.39. The van der Waals surface area contributed by atoms with Gasteiger partial charge in [0, 0.05) is 6.42 Å². The number of piperazine rings is 1. The second kappa shape index (κ2) is 6.44. The quantitative estimate of drug-likeness (QED) is 0.591. The Labute approximate surface area is 149 Å². The van der Waals surface area contributed by atoms with E-state index in [2.05, 4.69) is 34.6 Å². The van der Waals surface area contributed by atoms with Crippen LogP contribution in [0, 0.1) is 0 Å². The Balaban J connectivity index is 1.76. The second-order valence-electron chi connectivity index (χ2n) is 6.43. The molecule has 0 aromatic carbocycles. The molecule has 0 saturated carbocycles. The van der Waals surface area contributed by atoms with E-state index in [1.165, 1.54) is 22.9 Å². The third-order valence-electron chi connectivity index (χ3n) is 4.80. The third-order valence-corrected chi connectivity index (χ3v) is 6.83. The van der Waals surface area contributed by atoms with Gasteiger partial charge in [-0.2, -0.15) is 4.52 Å². The van der Waals surface area contributed by atoms with Crippen molar-refractivity contribution in [2.45, 2.75) is 19.4 Å². The first kappa shape index (κ1) is 16.0. The molecule has 6 nitrogen and oxygen atoms in total. The summed E-state index contributed by atoms with van der Waals surface area (Å²) < 4.78 is 1.61. The Hall–Kier alpha value is -1.48. The van der Waals surface area contributed by atoms with Crippen LogP contribution in [0.3, 0.4) is 0 Å². The first-order valence-corrected chi connectivity index (χ1v) is 10.1. The van der Waals surface area contributed by atoms with Gasteiger partial charge >= 0.3 is 0 Å². The number of thiophene rings is 1. The van der Waals surface area contributed by atoms with E-state index in [4.69, 9.17) is 0 Å². The van der Waals surface area contributed by atoms with Crippen molar-refractivity contribution in [1.29, 1.82) is 0 Å². The number of rotatable bonds is 4. The van der Waals surface area contributed by atoms with E-state index < -0.39 is 0 Å². The van der Waals surface area contributed by atoms with Crippen LogP contribution in [0.1, 0.15) is 28.5 Å². The predicted octanol–water partition coefficient (Wildman–Crippen LogP) is -0.377.